The lowest BCUT2D eigenvalue weighted by Crippen LogP contribution is -2.47. The number of aliphatic hydroxyl groups excluding tert-OH is 1. The van der Waals surface area contributed by atoms with Gasteiger partial charge in [-0.15, -0.1) is 11.8 Å². The summed E-state index contributed by atoms with van der Waals surface area (Å²) in [6, 6.07) is 4.42. The summed E-state index contributed by atoms with van der Waals surface area (Å²) in [6.45, 7) is 7.18. The molecule has 2 aromatic rings. The number of aromatic hydroxyl groups is 2. The van der Waals surface area contributed by atoms with Crippen LogP contribution in [0.5, 0.6) is 17.2 Å². The number of ketones is 2. The Hall–Kier alpha value is -4.88. The average Bonchev–Trinajstić information content (AvgIpc) is 3.46. The van der Waals surface area contributed by atoms with E-state index >= 15 is 0 Å². The molecule has 0 saturated carbocycles. The first kappa shape index (κ1) is 48.5. The molecule has 1 heterocycles. The number of amides is 4. The Kier molecular flexibility index (Phi) is 17.6. The van der Waals surface area contributed by atoms with E-state index in [1.54, 1.807) is 14.2 Å². The van der Waals surface area contributed by atoms with Gasteiger partial charge in [0.1, 0.15) is 22.8 Å². The van der Waals surface area contributed by atoms with Crippen LogP contribution in [0.25, 0.3) is 0 Å². The summed E-state index contributed by atoms with van der Waals surface area (Å²) in [4.78, 5) is 78.6. The van der Waals surface area contributed by atoms with Crippen LogP contribution in [0.15, 0.2) is 23.3 Å². The quantitative estimate of drug-likeness (QED) is 0.0557. The fraction of sp³-hybridized carbons (Fsp3) is 0.537. The van der Waals surface area contributed by atoms with Gasteiger partial charge in [-0.05, 0) is 39.2 Å². The molecule has 1 fully saturated rings. The molecule has 0 aromatic heterocycles. The number of carbonyl (C=O) groups is 6. The first-order valence-corrected chi connectivity index (χ1v) is 20.2. The fourth-order valence-electron chi connectivity index (χ4n) is 7.09. The van der Waals surface area contributed by atoms with Crippen LogP contribution in [0.4, 0.5) is 0 Å². The number of ether oxygens (including phenoxy) is 3. The Morgan fingerprint density at radius 3 is 2.24 bits per heavy atom. The lowest BCUT2D eigenvalue weighted by Gasteiger charge is -2.36. The monoisotopic (exact) mass is 844 g/mol. The molecule has 5 rings (SSSR count). The largest absolute Gasteiger partial charge is 0.507 e. The summed E-state index contributed by atoms with van der Waals surface area (Å²) >= 11 is 1.22. The number of aliphatic hydroxyl groups is 2. The van der Waals surface area contributed by atoms with Gasteiger partial charge in [-0.25, -0.2) is 5.43 Å². The summed E-state index contributed by atoms with van der Waals surface area (Å²) in [5, 5.41) is 50.5. The highest BCUT2D eigenvalue weighted by Gasteiger charge is 2.45. The number of methoxy groups -OCH3 is 3. The van der Waals surface area contributed by atoms with Crippen LogP contribution >= 0.6 is 11.8 Å². The molecule has 6 N–H and O–H groups in total. The van der Waals surface area contributed by atoms with Crippen LogP contribution < -0.4 is 15.5 Å². The van der Waals surface area contributed by atoms with Crippen LogP contribution in [-0.2, 0) is 41.5 Å². The lowest BCUT2D eigenvalue weighted by molar-refractivity contribution is -0.138. The SMILES string of the molecule is CC.COC.COCC(C)(C)NC(=O)CCSC1CC(=O)N(CCCC(=O)N/N=C(/CO)[C@@]2(O)CCc3c(O)c4c(c(O)c3C2)C(=O)c2cccc(OC)c2C4=O)C1=O. The van der Waals surface area contributed by atoms with Gasteiger partial charge in [0.25, 0.3) is 0 Å². The van der Waals surface area contributed by atoms with Crippen LogP contribution in [0, 0.1) is 0 Å². The average molecular weight is 845 g/mol. The fourth-order valence-corrected chi connectivity index (χ4v) is 8.21. The molecular formula is C41H56N4O13S. The number of hydrogen-bond donors (Lipinski definition) is 6. The van der Waals surface area contributed by atoms with Crippen molar-refractivity contribution in [2.45, 2.75) is 89.0 Å². The van der Waals surface area contributed by atoms with Crippen LogP contribution in [0.1, 0.15) is 103 Å². The molecule has 4 amide bonds. The molecule has 59 heavy (non-hydrogen) atoms. The molecule has 0 spiro atoms. The van der Waals surface area contributed by atoms with Gasteiger partial charge in [0.15, 0.2) is 5.78 Å². The van der Waals surface area contributed by atoms with Gasteiger partial charge >= 0.3 is 0 Å². The normalized spacial score (nSPS) is 18.4. The minimum atomic E-state index is -1.92. The summed E-state index contributed by atoms with van der Waals surface area (Å²) in [5.74, 6) is -3.65. The van der Waals surface area contributed by atoms with Crippen molar-refractivity contribution >= 4 is 52.7 Å². The van der Waals surface area contributed by atoms with Crippen molar-refractivity contribution in [1.29, 1.82) is 0 Å². The van der Waals surface area contributed by atoms with Crippen molar-refractivity contribution in [2.75, 3.05) is 54.0 Å². The van der Waals surface area contributed by atoms with E-state index in [1.165, 1.54) is 44.2 Å². The first-order valence-electron chi connectivity index (χ1n) is 19.2. The Morgan fingerprint density at radius 1 is 0.966 bits per heavy atom. The van der Waals surface area contributed by atoms with Crippen molar-refractivity contribution in [2.24, 2.45) is 5.10 Å². The number of nitrogens with one attached hydrogen (secondary N) is 2. The van der Waals surface area contributed by atoms with E-state index in [-0.39, 0.29) is 96.2 Å². The van der Waals surface area contributed by atoms with E-state index in [4.69, 9.17) is 9.47 Å². The number of carbonyl (C=O) groups excluding carboxylic acids is 6. The molecule has 18 heteroatoms. The zero-order valence-corrected chi connectivity index (χ0v) is 35.7. The van der Waals surface area contributed by atoms with Crippen molar-refractivity contribution < 1.29 is 63.4 Å². The van der Waals surface area contributed by atoms with E-state index in [1.807, 2.05) is 27.7 Å². The number of phenolic OH excluding ortho intramolecular Hbond substituents is 2. The van der Waals surface area contributed by atoms with E-state index in [9.17, 15) is 49.2 Å². The predicted molar refractivity (Wildman–Crippen MR) is 219 cm³/mol. The number of rotatable bonds is 15. The summed E-state index contributed by atoms with van der Waals surface area (Å²) in [5.41, 5.74) is -1.14. The number of hydrogen-bond acceptors (Lipinski definition) is 15. The zero-order valence-electron chi connectivity index (χ0n) is 34.9. The zero-order chi connectivity index (χ0) is 44.2. The maximum Gasteiger partial charge on any atom is 0.242 e. The minimum Gasteiger partial charge on any atom is -0.507 e. The first-order chi connectivity index (χ1) is 28.0. The molecule has 0 bridgehead atoms. The Morgan fingerprint density at radius 2 is 1.61 bits per heavy atom. The van der Waals surface area contributed by atoms with Gasteiger partial charge in [0.2, 0.25) is 29.4 Å². The third-order valence-electron chi connectivity index (χ3n) is 9.71. The van der Waals surface area contributed by atoms with Gasteiger partial charge in [0.05, 0.1) is 53.5 Å². The summed E-state index contributed by atoms with van der Waals surface area (Å²) in [7, 11) is 6.13. The number of fused-ring (bicyclic) bond motifs is 3. The number of hydrazone groups is 1. The Labute approximate surface area is 347 Å². The molecule has 1 saturated heterocycles. The number of phenols is 2. The molecular weight excluding hydrogens is 789 g/mol. The van der Waals surface area contributed by atoms with Crippen molar-refractivity contribution in [3.8, 4) is 17.2 Å². The van der Waals surface area contributed by atoms with Crippen LogP contribution in [-0.4, -0.2) is 137 Å². The second-order valence-electron chi connectivity index (χ2n) is 14.5. The van der Waals surface area contributed by atoms with Crippen molar-refractivity contribution in [3.05, 3.63) is 51.6 Å². The lowest BCUT2D eigenvalue weighted by atomic mass is 9.73. The van der Waals surface area contributed by atoms with E-state index in [2.05, 4.69) is 20.6 Å². The van der Waals surface area contributed by atoms with E-state index < -0.39 is 69.9 Å². The van der Waals surface area contributed by atoms with Gasteiger partial charge in [0, 0.05) is 76.0 Å². The van der Waals surface area contributed by atoms with Gasteiger partial charge in [-0.3, -0.25) is 33.7 Å². The summed E-state index contributed by atoms with van der Waals surface area (Å²) in [6.07, 6.45) is -0.517. The Bertz CT molecular complexity index is 1950. The topological polar surface area (TPSA) is 251 Å². The number of likely N-dealkylation sites (tertiary alicyclic amines) is 1. The molecule has 3 aliphatic rings. The molecule has 2 aromatic carbocycles. The Balaban J connectivity index is 0.00000178. The number of benzene rings is 2. The van der Waals surface area contributed by atoms with E-state index in [0.29, 0.717) is 12.4 Å². The number of nitrogens with zero attached hydrogens (tertiary/aromatic N) is 2. The maximum atomic E-state index is 13.5. The third-order valence-corrected chi connectivity index (χ3v) is 10.9. The second kappa shape index (κ2) is 21.4. The minimum absolute atomic E-state index is 0.00863. The van der Waals surface area contributed by atoms with Crippen LogP contribution in [0.2, 0.25) is 0 Å². The van der Waals surface area contributed by atoms with E-state index in [0.717, 1.165) is 4.90 Å². The predicted octanol–water partition coefficient (Wildman–Crippen LogP) is 2.43. The molecule has 2 atom stereocenters. The highest BCUT2D eigenvalue weighted by molar-refractivity contribution is 8.00. The smallest absolute Gasteiger partial charge is 0.242 e. The highest BCUT2D eigenvalue weighted by Crippen LogP contribution is 2.48. The molecule has 2 aliphatic carbocycles. The second-order valence-corrected chi connectivity index (χ2v) is 15.8. The molecule has 324 valence electrons. The molecule has 17 nitrogen and oxygen atoms in total. The molecule has 1 unspecified atom stereocenters. The maximum absolute atomic E-state index is 13.5. The number of imide groups is 1. The number of thioether (sulfide) groups is 1. The van der Waals surface area contributed by atoms with Gasteiger partial charge in [-0.1, -0.05) is 26.0 Å². The van der Waals surface area contributed by atoms with Gasteiger partial charge < -0.3 is 40.0 Å². The third kappa shape index (κ3) is 11.0. The van der Waals surface area contributed by atoms with Crippen LogP contribution in [0.3, 0.4) is 0 Å². The van der Waals surface area contributed by atoms with Crippen molar-refractivity contribution in [1.82, 2.24) is 15.6 Å². The molecule has 0 radical (unpaired) electrons. The highest BCUT2D eigenvalue weighted by atomic mass is 32.2. The standard InChI is InChI=1S/C37H44N4O12S.C2H6O.C2H6/c1-36(2,18-52-3)38-25(43)11-14-54-23-15-27(45)41(35(23)50)13-6-9-26(44)40-39-24(17-42)37(51)12-10-19-21(16-37)33(48)29-30(31(19)46)34(49)28-20(32(29)47)7-5-8-22(28)53-4;1-3-2;1-2/h5,7-8,23,42,46,48,51H,6,9-18H2,1-4H3,(H,38,43)(H,40,44);1-2H3;1-2H3/b39-24-;;/t23?,37-;;/m1../s1. The summed E-state index contributed by atoms with van der Waals surface area (Å²) < 4.78 is 14.6. The van der Waals surface area contributed by atoms with Crippen molar-refractivity contribution in [3.63, 3.8) is 0 Å². The van der Waals surface area contributed by atoms with Gasteiger partial charge in [-0.2, -0.15) is 5.10 Å². The molecule has 1 aliphatic heterocycles.